The van der Waals surface area contributed by atoms with Gasteiger partial charge >= 0.3 is 0 Å². The van der Waals surface area contributed by atoms with Crippen molar-refractivity contribution >= 4 is 0 Å². The summed E-state index contributed by atoms with van der Waals surface area (Å²) < 4.78 is 5.70. The average molecular weight is 290 g/mol. The first kappa shape index (κ1) is 16.3. The van der Waals surface area contributed by atoms with Gasteiger partial charge in [-0.3, -0.25) is 0 Å². The Morgan fingerprint density at radius 3 is 2.95 bits per heavy atom. The Balaban J connectivity index is 1.51. The van der Waals surface area contributed by atoms with Crippen LogP contribution in [0.1, 0.15) is 45.4 Å². The molecule has 0 amide bonds. The number of ether oxygens (including phenoxy) is 1. The van der Waals surface area contributed by atoms with Crippen LogP contribution in [0.2, 0.25) is 0 Å². The summed E-state index contributed by atoms with van der Waals surface area (Å²) in [5, 5.41) is 7.29. The summed E-state index contributed by atoms with van der Waals surface area (Å²) in [5.41, 5.74) is 0. The second-order valence-electron chi connectivity index (χ2n) is 6.11. The van der Waals surface area contributed by atoms with E-state index in [1.807, 2.05) is 30.3 Å². The lowest BCUT2D eigenvalue weighted by Gasteiger charge is -2.21. The fourth-order valence-corrected chi connectivity index (χ4v) is 2.94. The van der Waals surface area contributed by atoms with Crippen LogP contribution in [0.25, 0.3) is 0 Å². The van der Waals surface area contributed by atoms with Crippen LogP contribution in [0.15, 0.2) is 30.3 Å². The van der Waals surface area contributed by atoms with Crippen molar-refractivity contribution in [2.45, 2.75) is 57.5 Å². The molecule has 2 unspecified atom stereocenters. The third-order valence-corrected chi connectivity index (χ3v) is 4.13. The van der Waals surface area contributed by atoms with E-state index in [-0.39, 0.29) is 0 Å². The Morgan fingerprint density at radius 1 is 1.24 bits per heavy atom. The SMILES string of the molecule is CC(CC1CCCCCN1)NCCCOc1ccccc1. The molecule has 1 heterocycles. The molecule has 1 fully saturated rings. The summed E-state index contributed by atoms with van der Waals surface area (Å²) in [6.45, 7) is 5.30. The Labute approximate surface area is 129 Å². The van der Waals surface area contributed by atoms with E-state index < -0.39 is 0 Å². The molecule has 1 aromatic carbocycles. The van der Waals surface area contributed by atoms with Gasteiger partial charge in [-0.05, 0) is 57.8 Å². The minimum absolute atomic E-state index is 0.581. The zero-order chi connectivity index (χ0) is 14.8. The highest BCUT2D eigenvalue weighted by molar-refractivity contribution is 5.20. The van der Waals surface area contributed by atoms with E-state index in [0.29, 0.717) is 12.1 Å². The van der Waals surface area contributed by atoms with Crippen molar-refractivity contribution in [3.8, 4) is 5.75 Å². The fraction of sp³-hybridized carbons (Fsp3) is 0.667. The van der Waals surface area contributed by atoms with Crippen molar-refractivity contribution < 1.29 is 4.74 Å². The summed E-state index contributed by atoms with van der Waals surface area (Å²) in [6, 6.07) is 11.3. The summed E-state index contributed by atoms with van der Waals surface area (Å²) in [4.78, 5) is 0. The topological polar surface area (TPSA) is 33.3 Å². The van der Waals surface area contributed by atoms with Crippen LogP contribution < -0.4 is 15.4 Å². The van der Waals surface area contributed by atoms with Crippen molar-refractivity contribution in [2.75, 3.05) is 19.7 Å². The molecule has 0 spiro atoms. The van der Waals surface area contributed by atoms with Crippen LogP contribution in [0.5, 0.6) is 5.75 Å². The second kappa shape index (κ2) is 9.80. The van der Waals surface area contributed by atoms with Gasteiger partial charge in [0, 0.05) is 12.1 Å². The largest absolute Gasteiger partial charge is 0.494 e. The summed E-state index contributed by atoms with van der Waals surface area (Å²) in [6.07, 6.45) is 7.74. The second-order valence-corrected chi connectivity index (χ2v) is 6.11. The molecule has 0 aromatic heterocycles. The number of nitrogens with one attached hydrogen (secondary N) is 2. The predicted molar refractivity (Wildman–Crippen MR) is 88.9 cm³/mol. The standard InChI is InChI=1S/C18H30N2O/c1-16(15-17-9-4-3-7-12-20-17)19-13-8-14-21-18-10-5-2-6-11-18/h2,5-6,10-11,16-17,19-20H,3-4,7-9,12-15H2,1H3. The molecule has 0 bridgehead atoms. The van der Waals surface area contributed by atoms with Gasteiger partial charge in [0.2, 0.25) is 0 Å². The molecule has 118 valence electrons. The van der Waals surface area contributed by atoms with E-state index in [9.17, 15) is 0 Å². The molecule has 2 atom stereocenters. The van der Waals surface area contributed by atoms with Crippen LogP contribution in [0.4, 0.5) is 0 Å². The number of hydrogen-bond donors (Lipinski definition) is 2. The summed E-state index contributed by atoms with van der Waals surface area (Å²) in [7, 11) is 0. The molecule has 1 aliphatic heterocycles. The monoisotopic (exact) mass is 290 g/mol. The fourth-order valence-electron chi connectivity index (χ4n) is 2.94. The van der Waals surface area contributed by atoms with Gasteiger partial charge in [0.1, 0.15) is 5.75 Å². The zero-order valence-corrected chi connectivity index (χ0v) is 13.3. The Kier molecular flexibility index (Phi) is 7.61. The predicted octanol–water partition coefficient (Wildman–Crippen LogP) is 3.36. The molecule has 3 heteroatoms. The van der Waals surface area contributed by atoms with E-state index in [4.69, 9.17) is 4.74 Å². The van der Waals surface area contributed by atoms with Crippen molar-refractivity contribution in [1.29, 1.82) is 0 Å². The van der Waals surface area contributed by atoms with Gasteiger partial charge in [0.15, 0.2) is 0 Å². The minimum atomic E-state index is 0.581. The Morgan fingerprint density at radius 2 is 2.10 bits per heavy atom. The molecule has 2 rings (SSSR count). The highest BCUT2D eigenvalue weighted by Gasteiger charge is 2.14. The first-order chi connectivity index (χ1) is 10.3. The smallest absolute Gasteiger partial charge is 0.119 e. The molecule has 1 aromatic rings. The van der Waals surface area contributed by atoms with Crippen molar-refractivity contribution in [3.05, 3.63) is 30.3 Å². The van der Waals surface area contributed by atoms with E-state index in [0.717, 1.165) is 25.3 Å². The molecule has 1 aliphatic rings. The van der Waals surface area contributed by atoms with Gasteiger partial charge in [-0.2, -0.15) is 0 Å². The van der Waals surface area contributed by atoms with Crippen LogP contribution >= 0.6 is 0 Å². The van der Waals surface area contributed by atoms with Gasteiger partial charge in [-0.25, -0.2) is 0 Å². The van der Waals surface area contributed by atoms with Crippen molar-refractivity contribution in [1.82, 2.24) is 10.6 Å². The average Bonchev–Trinajstić information content (AvgIpc) is 2.76. The summed E-state index contributed by atoms with van der Waals surface area (Å²) >= 11 is 0. The highest BCUT2D eigenvalue weighted by atomic mass is 16.5. The highest BCUT2D eigenvalue weighted by Crippen LogP contribution is 2.12. The molecule has 0 radical (unpaired) electrons. The van der Waals surface area contributed by atoms with Crippen LogP contribution in [0.3, 0.4) is 0 Å². The van der Waals surface area contributed by atoms with E-state index >= 15 is 0 Å². The third-order valence-electron chi connectivity index (χ3n) is 4.13. The molecular weight excluding hydrogens is 260 g/mol. The third kappa shape index (κ3) is 6.96. The molecule has 3 nitrogen and oxygen atoms in total. The maximum absolute atomic E-state index is 5.70. The number of hydrogen-bond acceptors (Lipinski definition) is 3. The minimum Gasteiger partial charge on any atom is -0.494 e. The number of rotatable bonds is 8. The maximum Gasteiger partial charge on any atom is 0.119 e. The summed E-state index contributed by atoms with van der Waals surface area (Å²) in [5.74, 6) is 0.966. The van der Waals surface area contributed by atoms with Gasteiger partial charge in [0.05, 0.1) is 6.61 Å². The van der Waals surface area contributed by atoms with E-state index in [2.05, 4.69) is 17.6 Å². The molecular formula is C18H30N2O. The lowest BCUT2D eigenvalue weighted by Crippen LogP contribution is -2.37. The molecule has 2 N–H and O–H groups in total. The quantitative estimate of drug-likeness (QED) is 0.720. The van der Waals surface area contributed by atoms with Gasteiger partial charge < -0.3 is 15.4 Å². The zero-order valence-electron chi connectivity index (χ0n) is 13.3. The molecule has 1 saturated heterocycles. The van der Waals surface area contributed by atoms with Crippen LogP contribution in [0, 0.1) is 0 Å². The molecule has 21 heavy (non-hydrogen) atoms. The van der Waals surface area contributed by atoms with Gasteiger partial charge in [-0.1, -0.05) is 31.0 Å². The lowest BCUT2D eigenvalue weighted by atomic mass is 10.0. The van der Waals surface area contributed by atoms with Gasteiger partial charge in [-0.15, -0.1) is 0 Å². The molecule has 0 saturated carbocycles. The lowest BCUT2D eigenvalue weighted by molar-refractivity contribution is 0.302. The van der Waals surface area contributed by atoms with Crippen LogP contribution in [-0.4, -0.2) is 31.8 Å². The van der Waals surface area contributed by atoms with E-state index in [1.54, 1.807) is 0 Å². The number of benzene rings is 1. The Hall–Kier alpha value is -1.06. The molecule has 0 aliphatic carbocycles. The first-order valence-electron chi connectivity index (χ1n) is 8.49. The normalized spacial score (nSPS) is 20.7. The van der Waals surface area contributed by atoms with Crippen LogP contribution in [-0.2, 0) is 0 Å². The van der Waals surface area contributed by atoms with Gasteiger partial charge in [0.25, 0.3) is 0 Å². The first-order valence-corrected chi connectivity index (χ1v) is 8.49. The number of para-hydroxylation sites is 1. The van der Waals surface area contributed by atoms with E-state index in [1.165, 1.54) is 38.6 Å². The van der Waals surface area contributed by atoms with Crippen molar-refractivity contribution in [2.24, 2.45) is 0 Å². The Bertz CT molecular complexity index is 361. The maximum atomic E-state index is 5.70. The van der Waals surface area contributed by atoms with Crippen molar-refractivity contribution in [3.63, 3.8) is 0 Å².